The molecule has 4 nitrogen and oxygen atoms in total. The summed E-state index contributed by atoms with van der Waals surface area (Å²) < 4.78 is 5.37. The second-order valence-electron chi connectivity index (χ2n) is 6.76. The number of methoxy groups -OCH3 is 1. The third-order valence-corrected chi connectivity index (χ3v) is 5.55. The Bertz CT molecular complexity index is 550. The molecule has 0 aromatic heterocycles. The molecule has 0 saturated heterocycles. The van der Waals surface area contributed by atoms with Crippen molar-refractivity contribution in [2.45, 2.75) is 31.7 Å². The molecule has 4 unspecified atom stereocenters. The van der Waals surface area contributed by atoms with E-state index in [9.17, 15) is 4.79 Å². The standard InChI is InChI=1S/C18H26N2O2.ClH/c1-20(10-9-12-5-3-4-6-15(12)22-2)18(21)16-13-7-8-14(11-13)17(16)19;/h3-6,13-14,16-17H,7-11,19H2,1-2H3;1H. The van der Waals surface area contributed by atoms with E-state index in [0.717, 1.165) is 24.2 Å². The van der Waals surface area contributed by atoms with Gasteiger partial charge in [0.25, 0.3) is 0 Å². The number of fused-ring (bicyclic) bond motifs is 2. The molecule has 4 atom stereocenters. The summed E-state index contributed by atoms with van der Waals surface area (Å²) in [5.74, 6) is 2.25. The van der Waals surface area contributed by atoms with Crippen molar-refractivity contribution in [2.75, 3.05) is 20.7 Å². The van der Waals surface area contributed by atoms with Crippen LogP contribution in [0.4, 0.5) is 0 Å². The Balaban J connectivity index is 0.00000192. The van der Waals surface area contributed by atoms with Crippen LogP contribution in [0.3, 0.4) is 0 Å². The van der Waals surface area contributed by atoms with Crippen LogP contribution >= 0.6 is 12.4 Å². The van der Waals surface area contributed by atoms with Crippen molar-refractivity contribution in [3.63, 3.8) is 0 Å². The van der Waals surface area contributed by atoms with E-state index in [0.29, 0.717) is 18.4 Å². The first-order chi connectivity index (χ1) is 10.6. The molecule has 23 heavy (non-hydrogen) atoms. The number of hydrogen-bond acceptors (Lipinski definition) is 3. The Kier molecular flexibility index (Phi) is 5.93. The minimum Gasteiger partial charge on any atom is -0.496 e. The molecule has 1 aromatic rings. The van der Waals surface area contributed by atoms with Crippen molar-refractivity contribution in [2.24, 2.45) is 23.5 Å². The maximum Gasteiger partial charge on any atom is 0.227 e. The second kappa shape index (κ2) is 7.54. The number of halogens is 1. The molecule has 1 amide bonds. The van der Waals surface area contributed by atoms with Gasteiger partial charge < -0.3 is 15.4 Å². The molecule has 2 N–H and O–H groups in total. The summed E-state index contributed by atoms with van der Waals surface area (Å²) in [6.45, 7) is 0.708. The van der Waals surface area contributed by atoms with E-state index in [2.05, 4.69) is 6.07 Å². The molecule has 5 heteroatoms. The predicted octanol–water partition coefficient (Wildman–Crippen LogP) is 2.49. The lowest BCUT2D eigenvalue weighted by Crippen LogP contribution is -2.46. The van der Waals surface area contributed by atoms with Gasteiger partial charge in [0.15, 0.2) is 0 Å². The summed E-state index contributed by atoms with van der Waals surface area (Å²) in [7, 11) is 3.58. The lowest BCUT2D eigenvalue weighted by atomic mass is 9.84. The number of ether oxygens (including phenoxy) is 1. The van der Waals surface area contributed by atoms with Gasteiger partial charge >= 0.3 is 0 Å². The molecule has 1 aromatic carbocycles. The smallest absolute Gasteiger partial charge is 0.227 e. The number of nitrogens with two attached hydrogens (primary N) is 1. The Morgan fingerprint density at radius 1 is 1.30 bits per heavy atom. The van der Waals surface area contributed by atoms with Crippen LogP contribution in [0, 0.1) is 17.8 Å². The van der Waals surface area contributed by atoms with Crippen molar-refractivity contribution in [1.82, 2.24) is 4.90 Å². The SMILES string of the molecule is COc1ccccc1CCN(C)C(=O)C1C2CCC(C2)C1N.Cl. The monoisotopic (exact) mass is 338 g/mol. The van der Waals surface area contributed by atoms with Gasteiger partial charge in [-0.05, 0) is 49.1 Å². The van der Waals surface area contributed by atoms with Gasteiger partial charge in [-0.15, -0.1) is 12.4 Å². The average Bonchev–Trinajstić information content (AvgIpc) is 3.13. The maximum absolute atomic E-state index is 12.7. The number of nitrogens with zero attached hydrogens (tertiary/aromatic N) is 1. The first-order valence-electron chi connectivity index (χ1n) is 8.24. The Hall–Kier alpha value is -1.26. The summed E-state index contributed by atoms with van der Waals surface area (Å²) in [6, 6.07) is 8.06. The minimum absolute atomic E-state index is 0. The largest absolute Gasteiger partial charge is 0.496 e. The molecule has 2 aliphatic rings. The zero-order valence-corrected chi connectivity index (χ0v) is 14.7. The Morgan fingerprint density at radius 2 is 2.00 bits per heavy atom. The molecule has 2 aliphatic carbocycles. The Morgan fingerprint density at radius 3 is 2.65 bits per heavy atom. The normalized spacial score (nSPS) is 28.3. The first-order valence-corrected chi connectivity index (χ1v) is 8.24. The topological polar surface area (TPSA) is 55.6 Å². The fourth-order valence-electron chi connectivity index (χ4n) is 4.26. The van der Waals surface area contributed by atoms with E-state index in [-0.39, 0.29) is 30.3 Å². The predicted molar refractivity (Wildman–Crippen MR) is 93.9 cm³/mol. The van der Waals surface area contributed by atoms with Crippen LogP contribution in [0.2, 0.25) is 0 Å². The highest BCUT2D eigenvalue weighted by Crippen LogP contribution is 2.48. The number of para-hydroxylation sites is 1. The summed E-state index contributed by atoms with van der Waals surface area (Å²) in [4.78, 5) is 14.6. The highest BCUT2D eigenvalue weighted by molar-refractivity contribution is 5.85. The lowest BCUT2D eigenvalue weighted by molar-refractivity contribution is -0.136. The van der Waals surface area contributed by atoms with E-state index >= 15 is 0 Å². The molecular weight excluding hydrogens is 312 g/mol. The molecule has 2 fully saturated rings. The first kappa shape index (κ1) is 18.1. The van der Waals surface area contributed by atoms with Crippen molar-refractivity contribution >= 4 is 18.3 Å². The van der Waals surface area contributed by atoms with Gasteiger partial charge in [-0.3, -0.25) is 4.79 Å². The van der Waals surface area contributed by atoms with Gasteiger partial charge in [-0.1, -0.05) is 18.2 Å². The molecular formula is C18H27ClN2O2. The van der Waals surface area contributed by atoms with Gasteiger partial charge in [-0.25, -0.2) is 0 Å². The zero-order chi connectivity index (χ0) is 15.7. The third-order valence-electron chi connectivity index (χ3n) is 5.55. The van der Waals surface area contributed by atoms with Crippen molar-refractivity contribution in [1.29, 1.82) is 0 Å². The molecule has 128 valence electrons. The van der Waals surface area contributed by atoms with E-state index < -0.39 is 0 Å². The van der Waals surface area contributed by atoms with Crippen molar-refractivity contribution in [3.8, 4) is 5.75 Å². The Labute approximate surface area is 144 Å². The summed E-state index contributed by atoms with van der Waals surface area (Å²) >= 11 is 0. The quantitative estimate of drug-likeness (QED) is 0.897. The molecule has 0 heterocycles. The lowest BCUT2D eigenvalue weighted by Gasteiger charge is -2.31. The van der Waals surface area contributed by atoms with Gasteiger partial charge in [0.2, 0.25) is 5.91 Å². The van der Waals surface area contributed by atoms with Gasteiger partial charge in [-0.2, -0.15) is 0 Å². The third kappa shape index (κ3) is 3.48. The van der Waals surface area contributed by atoms with Crippen LogP contribution in [0.25, 0.3) is 0 Å². The van der Waals surface area contributed by atoms with Gasteiger partial charge in [0.1, 0.15) is 5.75 Å². The summed E-state index contributed by atoms with van der Waals surface area (Å²) in [6.07, 6.45) is 4.34. The van der Waals surface area contributed by atoms with Crippen LogP contribution in [0.1, 0.15) is 24.8 Å². The molecule has 0 radical (unpaired) electrons. The van der Waals surface area contributed by atoms with Crippen LogP contribution in [0.5, 0.6) is 5.75 Å². The van der Waals surface area contributed by atoms with Gasteiger partial charge in [0.05, 0.1) is 13.0 Å². The van der Waals surface area contributed by atoms with E-state index in [4.69, 9.17) is 10.5 Å². The number of benzene rings is 1. The van der Waals surface area contributed by atoms with Crippen LogP contribution in [0.15, 0.2) is 24.3 Å². The van der Waals surface area contributed by atoms with Crippen molar-refractivity contribution < 1.29 is 9.53 Å². The average molecular weight is 339 g/mol. The van der Waals surface area contributed by atoms with E-state index in [1.54, 1.807) is 7.11 Å². The highest BCUT2D eigenvalue weighted by Gasteiger charge is 2.49. The highest BCUT2D eigenvalue weighted by atomic mass is 35.5. The maximum atomic E-state index is 12.7. The number of carbonyl (C=O) groups is 1. The zero-order valence-electron chi connectivity index (χ0n) is 13.9. The molecule has 3 rings (SSSR count). The second-order valence-corrected chi connectivity index (χ2v) is 6.76. The molecule has 2 saturated carbocycles. The fourth-order valence-corrected chi connectivity index (χ4v) is 4.26. The van der Waals surface area contributed by atoms with Crippen LogP contribution in [-0.4, -0.2) is 37.6 Å². The fraction of sp³-hybridized carbons (Fsp3) is 0.611. The van der Waals surface area contributed by atoms with E-state index in [1.165, 1.54) is 12.8 Å². The van der Waals surface area contributed by atoms with Crippen LogP contribution < -0.4 is 10.5 Å². The van der Waals surface area contributed by atoms with Crippen molar-refractivity contribution in [3.05, 3.63) is 29.8 Å². The number of hydrogen-bond donors (Lipinski definition) is 1. The summed E-state index contributed by atoms with van der Waals surface area (Å²) in [5, 5.41) is 0. The number of likely N-dealkylation sites (N-methyl/N-ethyl adjacent to an activating group) is 1. The molecule has 0 aliphatic heterocycles. The molecule has 0 spiro atoms. The summed E-state index contributed by atoms with van der Waals surface area (Å²) in [5.41, 5.74) is 7.43. The van der Waals surface area contributed by atoms with Crippen LogP contribution in [-0.2, 0) is 11.2 Å². The number of carbonyl (C=O) groups excluding carboxylic acids is 1. The minimum atomic E-state index is 0. The van der Waals surface area contributed by atoms with E-state index in [1.807, 2.05) is 30.1 Å². The van der Waals surface area contributed by atoms with Gasteiger partial charge in [0, 0.05) is 19.6 Å². The number of rotatable bonds is 5. The number of amides is 1. The molecule has 2 bridgehead atoms.